The van der Waals surface area contributed by atoms with Crippen molar-refractivity contribution in [1.82, 2.24) is 0 Å². The highest BCUT2D eigenvalue weighted by molar-refractivity contribution is 8.00. The second-order valence-electron chi connectivity index (χ2n) is 3.07. The van der Waals surface area contributed by atoms with Gasteiger partial charge in [0.15, 0.2) is 0 Å². The van der Waals surface area contributed by atoms with Gasteiger partial charge in [0.25, 0.3) is 0 Å². The molecule has 0 rings (SSSR count). The summed E-state index contributed by atoms with van der Waals surface area (Å²) in [5.41, 5.74) is 0. The Morgan fingerprint density at radius 1 is 0.895 bits per heavy atom. The Hall–Kier alpha value is -1.71. The third-order valence-corrected chi connectivity index (χ3v) is 3.38. The maximum absolute atomic E-state index is 11.7. The number of aliphatic hydroxyl groups excluding tert-OH is 2. The van der Waals surface area contributed by atoms with E-state index in [0.717, 1.165) is 0 Å². The molecule has 0 fully saturated rings. The molecule has 0 saturated heterocycles. The number of hydrogen-bond donors (Lipinski definition) is 2. The summed E-state index contributed by atoms with van der Waals surface area (Å²) in [5.74, 6) is -2.60. The number of rotatable bonds is 8. The van der Waals surface area contributed by atoms with Gasteiger partial charge in [0.1, 0.15) is 23.0 Å². The molecule has 0 atom stereocenters. The van der Waals surface area contributed by atoms with Crippen LogP contribution in [0.1, 0.15) is 0 Å². The summed E-state index contributed by atoms with van der Waals surface area (Å²) >= 11 is 0. The standard InChI is InChI=1S/C10H14O8S/c1-7(9(13)17-5-3-11)19(15,16)8(2)10(14)18-6-4-12/h11-12H,1-6H2. The molecular formula is C10H14O8S. The molecule has 0 aliphatic rings. The molecule has 0 heterocycles. The fraction of sp³-hybridized carbons (Fsp3) is 0.400. The molecule has 0 saturated carbocycles. The van der Waals surface area contributed by atoms with Crippen LogP contribution in [0, 0.1) is 0 Å². The quantitative estimate of drug-likeness (QED) is 0.409. The van der Waals surface area contributed by atoms with E-state index in [1.807, 2.05) is 0 Å². The first-order valence-electron chi connectivity index (χ1n) is 4.97. The second-order valence-corrected chi connectivity index (χ2v) is 5.06. The zero-order valence-corrected chi connectivity index (χ0v) is 10.8. The van der Waals surface area contributed by atoms with Crippen LogP contribution in [0.4, 0.5) is 0 Å². The smallest absolute Gasteiger partial charge is 0.349 e. The average Bonchev–Trinajstić information content (AvgIpc) is 2.39. The first-order chi connectivity index (χ1) is 8.78. The second kappa shape index (κ2) is 7.67. The van der Waals surface area contributed by atoms with Crippen LogP contribution in [-0.4, -0.2) is 57.0 Å². The molecule has 0 spiro atoms. The van der Waals surface area contributed by atoms with E-state index < -0.39 is 58.0 Å². The molecule has 108 valence electrons. The van der Waals surface area contributed by atoms with Gasteiger partial charge in [0.2, 0.25) is 9.84 Å². The van der Waals surface area contributed by atoms with Crippen molar-refractivity contribution in [1.29, 1.82) is 0 Å². The highest BCUT2D eigenvalue weighted by Crippen LogP contribution is 2.17. The van der Waals surface area contributed by atoms with Gasteiger partial charge in [-0.15, -0.1) is 0 Å². The molecule has 19 heavy (non-hydrogen) atoms. The van der Waals surface area contributed by atoms with Gasteiger partial charge in [-0.3, -0.25) is 0 Å². The Kier molecular flexibility index (Phi) is 6.98. The fourth-order valence-electron chi connectivity index (χ4n) is 0.806. The van der Waals surface area contributed by atoms with E-state index in [4.69, 9.17) is 10.2 Å². The van der Waals surface area contributed by atoms with E-state index in [9.17, 15) is 18.0 Å². The number of esters is 2. The van der Waals surface area contributed by atoms with E-state index in [1.165, 1.54) is 0 Å². The maximum atomic E-state index is 11.7. The van der Waals surface area contributed by atoms with Crippen LogP contribution in [-0.2, 0) is 28.9 Å². The number of sulfone groups is 1. The third-order valence-electron chi connectivity index (χ3n) is 1.75. The predicted molar refractivity (Wildman–Crippen MR) is 63.3 cm³/mol. The van der Waals surface area contributed by atoms with Crippen LogP contribution in [0.15, 0.2) is 23.0 Å². The normalized spacial score (nSPS) is 10.6. The van der Waals surface area contributed by atoms with Crippen LogP contribution < -0.4 is 0 Å². The molecule has 0 amide bonds. The molecule has 0 aromatic rings. The molecule has 0 radical (unpaired) electrons. The Morgan fingerprint density at radius 2 is 1.21 bits per heavy atom. The Morgan fingerprint density at radius 3 is 1.47 bits per heavy atom. The molecule has 8 nitrogen and oxygen atoms in total. The summed E-state index contributed by atoms with van der Waals surface area (Å²) < 4.78 is 32.1. The van der Waals surface area contributed by atoms with Crippen LogP contribution in [0.5, 0.6) is 0 Å². The van der Waals surface area contributed by atoms with Crippen molar-refractivity contribution in [2.24, 2.45) is 0 Å². The molecule has 0 aromatic heterocycles. The lowest BCUT2D eigenvalue weighted by molar-refractivity contribution is -0.139. The van der Waals surface area contributed by atoms with Crippen molar-refractivity contribution in [2.45, 2.75) is 0 Å². The monoisotopic (exact) mass is 294 g/mol. The maximum Gasteiger partial charge on any atom is 0.349 e. The summed E-state index contributed by atoms with van der Waals surface area (Å²) in [6, 6.07) is 0. The summed E-state index contributed by atoms with van der Waals surface area (Å²) in [5, 5.41) is 16.8. The Balaban J connectivity index is 4.87. The highest BCUT2D eigenvalue weighted by atomic mass is 32.2. The minimum absolute atomic E-state index is 0.408. The summed E-state index contributed by atoms with van der Waals surface area (Å²) in [4.78, 5) is 20.5. The molecule has 2 N–H and O–H groups in total. The van der Waals surface area contributed by atoms with E-state index >= 15 is 0 Å². The first-order valence-corrected chi connectivity index (χ1v) is 6.46. The lowest BCUT2D eigenvalue weighted by Crippen LogP contribution is -2.23. The highest BCUT2D eigenvalue weighted by Gasteiger charge is 2.32. The van der Waals surface area contributed by atoms with Crippen LogP contribution >= 0.6 is 0 Å². The van der Waals surface area contributed by atoms with Gasteiger partial charge in [0.05, 0.1) is 13.2 Å². The van der Waals surface area contributed by atoms with E-state index in [-0.39, 0.29) is 0 Å². The van der Waals surface area contributed by atoms with Gasteiger partial charge < -0.3 is 19.7 Å². The van der Waals surface area contributed by atoms with Gasteiger partial charge in [-0.25, -0.2) is 18.0 Å². The minimum Gasteiger partial charge on any atom is -0.459 e. The SMILES string of the molecule is C=C(C(=O)OCCO)S(=O)(=O)C(=C)C(=O)OCCO. The lowest BCUT2D eigenvalue weighted by Gasteiger charge is -2.09. The molecular weight excluding hydrogens is 280 g/mol. The van der Waals surface area contributed by atoms with Gasteiger partial charge in [-0.2, -0.15) is 0 Å². The van der Waals surface area contributed by atoms with Crippen molar-refractivity contribution in [3.05, 3.63) is 23.0 Å². The molecule has 9 heteroatoms. The van der Waals surface area contributed by atoms with Crippen LogP contribution in [0.25, 0.3) is 0 Å². The third kappa shape index (κ3) is 4.81. The average molecular weight is 294 g/mol. The molecule has 0 bridgehead atoms. The van der Waals surface area contributed by atoms with Gasteiger partial charge in [0, 0.05) is 0 Å². The van der Waals surface area contributed by atoms with Crippen molar-refractivity contribution < 1.29 is 37.7 Å². The Bertz CT molecular complexity index is 438. The zero-order chi connectivity index (χ0) is 15.1. The zero-order valence-electron chi connectivity index (χ0n) is 9.99. The number of carbonyl (C=O) groups excluding carboxylic acids is 2. The van der Waals surface area contributed by atoms with Crippen molar-refractivity contribution in [2.75, 3.05) is 26.4 Å². The van der Waals surface area contributed by atoms with Crippen molar-refractivity contribution in [3.8, 4) is 0 Å². The van der Waals surface area contributed by atoms with Crippen molar-refractivity contribution in [3.63, 3.8) is 0 Å². The number of hydrogen-bond acceptors (Lipinski definition) is 8. The number of carbonyl (C=O) groups is 2. The minimum atomic E-state index is -4.50. The van der Waals surface area contributed by atoms with Crippen molar-refractivity contribution >= 4 is 21.8 Å². The predicted octanol–water partition coefficient (Wildman–Crippen LogP) is -1.50. The molecule has 0 aliphatic carbocycles. The Labute approximate surface area is 109 Å². The molecule has 0 aromatic carbocycles. The lowest BCUT2D eigenvalue weighted by atomic mass is 10.6. The topological polar surface area (TPSA) is 127 Å². The summed E-state index contributed by atoms with van der Waals surface area (Å²) in [7, 11) is -4.50. The summed E-state index contributed by atoms with van der Waals surface area (Å²) in [6.45, 7) is 4.21. The van der Waals surface area contributed by atoms with Gasteiger partial charge >= 0.3 is 11.9 Å². The van der Waals surface area contributed by atoms with E-state index in [1.54, 1.807) is 0 Å². The molecule has 0 unspecified atom stereocenters. The van der Waals surface area contributed by atoms with E-state index in [0.29, 0.717) is 0 Å². The van der Waals surface area contributed by atoms with Gasteiger partial charge in [-0.05, 0) is 0 Å². The largest absolute Gasteiger partial charge is 0.459 e. The summed E-state index contributed by atoms with van der Waals surface area (Å²) in [6.07, 6.45) is 0. The van der Waals surface area contributed by atoms with E-state index in [2.05, 4.69) is 22.6 Å². The molecule has 0 aliphatic heterocycles. The van der Waals surface area contributed by atoms with Crippen LogP contribution in [0.3, 0.4) is 0 Å². The van der Waals surface area contributed by atoms with Gasteiger partial charge in [-0.1, -0.05) is 13.2 Å². The number of aliphatic hydroxyl groups is 2. The number of ether oxygens (including phenoxy) is 2. The fourth-order valence-corrected chi connectivity index (χ4v) is 1.66. The van der Waals surface area contributed by atoms with Crippen LogP contribution in [0.2, 0.25) is 0 Å². The first kappa shape index (κ1) is 17.3.